The van der Waals surface area contributed by atoms with Gasteiger partial charge in [-0.15, -0.1) is 0 Å². The first-order chi connectivity index (χ1) is 11.0. The van der Waals surface area contributed by atoms with Gasteiger partial charge in [-0.25, -0.2) is 0 Å². The van der Waals surface area contributed by atoms with Gasteiger partial charge in [0.05, 0.1) is 17.5 Å². The molecule has 1 atom stereocenters. The maximum Gasteiger partial charge on any atom is 0.253 e. The number of hydrogen-bond donors (Lipinski definition) is 1. The molecule has 2 amide bonds. The van der Waals surface area contributed by atoms with Crippen LogP contribution >= 0.6 is 0 Å². The van der Waals surface area contributed by atoms with Gasteiger partial charge in [0, 0.05) is 51.1 Å². The van der Waals surface area contributed by atoms with E-state index in [0.717, 1.165) is 12.0 Å². The van der Waals surface area contributed by atoms with Gasteiger partial charge in [0.1, 0.15) is 0 Å². The summed E-state index contributed by atoms with van der Waals surface area (Å²) in [6, 6.07) is 3.47. The molecule has 2 aromatic heterocycles. The molecule has 1 aliphatic heterocycles. The average Bonchev–Trinajstić information content (AvgIpc) is 3.16. The van der Waals surface area contributed by atoms with Crippen molar-refractivity contribution in [3.8, 4) is 11.3 Å². The van der Waals surface area contributed by atoms with Crippen LogP contribution in [0.4, 0.5) is 0 Å². The molecule has 3 heterocycles. The number of pyridine rings is 1. The van der Waals surface area contributed by atoms with Crippen molar-refractivity contribution in [2.75, 3.05) is 13.1 Å². The Morgan fingerprint density at radius 2 is 2.22 bits per heavy atom. The highest BCUT2D eigenvalue weighted by Gasteiger charge is 2.26. The zero-order valence-electron chi connectivity index (χ0n) is 13.2. The third kappa shape index (κ3) is 3.23. The topological polar surface area (TPSA) is 80.1 Å². The van der Waals surface area contributed by atoms with Crippen molar-refractivity contribution < 1.29 is 9.59 Å². The maximum atomic E-state index is 12.6. The van der Waals surface area contributed by atoms with E-state index in [1.807, 2.05) is 13.2 Å². The van der Waals surface area contributed by atoms with Crippen LogP contribution in [0.25, 0.3) is 11.3 Å². The summed E-state index contributed by atoms with van der Waals surface area (Å²) in [7, 11) is 1.82. The second kappa shape index (κ2) is 6.20. The average molecular weight is 313 g/mol. The van der Waals surface area contributed by atoms with E-state index in [9.17, 15) is 9.59 Å². The van der Waals surface area contributed by atoms with E-state index in [1.54, 1.807) is 41.0 Å². The molecule has 0 unspecified atom stereocenters. The van der Waals surface area contributed by atoms with Gasteiger partial charge in [-0.05, 0) is 18.6 Å². The normalized spacial score (nSPS) is 17.3. The molecule has 0 aliphatic carbocycles. The van der Waals surface area contributed by atoms with Crippen LogP contribution < -0.4 is 5.32 Å². The highest BCUT2D eigenvalue weighted by molar-refractivity contribution is 6.00. The van der Waals surface area contributed by atoms with Gasteiger partial charge in [0.15, 0.2) is 0 Å². The first-order valence-corrected chi connectivity index (χ1v) is 7.55. The molecule has 3 rings (SSSR count). The van der Waals surface area contributed by atoms with Gasteiger partial charge < -0.3 is 10.2 Å². The van der Waals surface area contributed by atoms with Crippen LogP contribution in [0.1, 0.15) is 23.7 Å². The number of carbonyl (C=O) groups is 2. The molecule has 120 valence electrons. The molecule has 1 aliphatic rings. The second-order valence-corrected chi connectivity index (χ2v) is 5.73. The lowest BCUT2D eigenvalue weighted by atomic mass is 10.1. The van der Waals surface area contributed by atoms with Crippen molar-refractivity contribution in [3.05, 3.63) is 36.3 Å². The van der Waals surface area contributed by atoms with Gasteiger partial charge in [0.2, 0.25) is 5.91 Å². The smallest absolute Gasteiger partial charge is 0.253 e. The second-order valence-electron chi connectivity index (χ2n) is 5.73. The van der Waals surface area contributed by atoms with E-state index < -0.39 is 0 Å². The summed E-state index contributed by atoms with van der Waals surface area (Å²) in [6.45, 7) is 2.79. The van der Waals surface area contributed by atoms with E-state index >= 15 is 0 Å². The SMILES string of the molecule is CC(=O)N1CC[C@@H](NC(=O)c2cccnc2-c2cnn(C)c2)C1. The molecular weight excluding hydrogens is 294 g/mol. The van der Waals surface area contributed by atoms with Crippen LogP contribution in [0.15, 0.2) is 30.7 Å². The summed E-state index contributed by atoms with van der Waals surface area (Å²) in [5, 5.41) is 7.12. The standard InChI is InChI=1S/C16H19N5O2/c1-11(22)21-7-5-13(10-21)19-16(23)14-4-3-6-17-15(14)12-8-18-20(2)9-12/h3-4,6,8-9,13H,5,7,10H2,1-2H3,(H,19,23)/t13-/m1/s1. The number of likely N-dealkylation sites (tertiary alicyclic amines) is 1. The molecule has 23 heavy (non-hydrogen) atoms. The molecule has 1 N–H and O–H groups in total. The van der Waals surface area contributed by atoms with E-state index in [2.05, 4.69) is 15.4 Å². The Morgan fingerprint density at radius 3 is 2.87 bits per heavy atom. The molecule has 2 aromatic rings. The molecule has 0 radical (unpaired) electrons. The molecule has 0 aromatic carbocycles. The van der Waals surface area contributed by atoms with Crippen LogP contribution in [-0.2, 0) is 11.8 Å². The molecule has 1 saturated heterocycles. The Kier molecular flexibility index (Phi) is 4.10. The molecule has 0 spiro atoms. The van der Waals surface area contributed by atoms with Crippen molar-refractivity contribution in [1.82, 2.24) is 25.0 Å². The van der Waals surface area contributed by atoms with Crippen LogP contribution in [0.5, 0.6) is 0 Å². The number of hydrogen-bond acceptors (Lipinski definition) is 4. The van der Waals surface area contributed by atoms with Gasteiger partial charge in [0.25, 0.3) is 5.91 Å². The van der Waals surface area contributed by atoms with Gasteiger partial charge in [-0.1, -0.05) is 0 Å². The number of nitrogens with zero attached hydrogens (tertiary/aromatic N) is 4. The Labute approximate surface area is 134 Å². The van der Waals surface area contributed by atoms with Crippen molar-refractivity contribution in [2.24, 2.45) is 7.05 Å². The predicted octanol–water partition coefficient (Wildman–Crippen LogP) is 0.833. The van der Waals surface area contributed by atoms with Crippen LogP contribution in [0.3, 0.4) is 0 Å². The molecule has 1 fully saturated rings. The Hall–Kier alpha value is -2.70. The van der Waals surface area contributed by atoms with E-state index in [4.69, 9.17) is 0 Å². The fourth-order valence-electron chi connectivity index (χ4n) is 2.79. The monoisotopic (exact) mass is 313 g/mol. The van der Waals surface area contributed by atoms with Crippen LogP contribution in [0.2, 0.25) is 0 Å². The van der Waals surface area contributed by atoms with E-state index in [-0.39, 0.29) is 17.9 Å². The quantitative estimate of drug-likeness (QED) is 0.910. The highest BCUT2D eigenvalue weighted by atomic mass is 16.2. The fourth-order valence-corrected chi connectivity index (χ4v) is 2.79. The zero-order valence-corrected chi connectivity index (χ0v) is 13.2. The predicted molar refractivity (Wildman–Crippen MR) is 84.6 cm³/mol. The lowest BCUT2D eigenvalue weighted by molar-refractivity contribution is -0.127. The van der Waals surface area contributed by atoms with E-state index in [0.29, 0.717) is 24.3 Å². The number of amides is 2. The summed E-state index contributed by atoms with van der Waals surface area (Å²) in [4.78, 5) is 30.0. The van der Waals surface area contributed by atoms with Crippen molar-refractivity contribution >= 4 is 11.8 Å². The number of aryl methyl sites for hydroxylation is 1. The number of nitrogens with one attached hydrogen (secondary N) is 1. The lowest BCUT2D eigenvalue weighted by Crippen LogP contribution is -2.38. The summed E-state index contributed by atoms with van der Waals surface area (Å²) in [5.74, 6) is -0.133. The van der Waals surface area contributed by atoms with Gasteiger partial charge in [-0.3, -0.25) is 19.3 Å². The summed E-state index contributed by atoms with van der Waals surface area (Å²) in [6.07, 6.45) is 5.94. The minimum absolute atomic E-state index is 0.0200. The maximum absolute atomic E-state index is 12.6. The van der Waals surface area contributed by atoms with Gasteiger partial charge >= 0.3 is 0 Å². The van der Waals surface area contributed by atoms with Crippen molar-refractivity contribution in [3.63, 3.8) is 0 Å². The third-order valence-corrected chi connectivity index (χ3v) is 4.00. The minimum atomic E-state index is -0.174. The number of carbonyl (C=O) groups excluding carboxylic acids is 2. The van der Waals surface area contributed by atoms with Crippen LogP contribution in [-0.4, -0.2) is 50.6 Å². The van der Waals surface area contributed by atoms with E-state index in [1.165, 1.54) is 0 Å². The first-order valence-electron chi connectivity index (χ1n) is 7.55. The molecular formula is C16H19N5O2. The Balaban J connectivity index is 1.77. The molecule has 7 nitrogen and oxygen atoms in total. The Bertz CT molecular complexity index is 740. The number of aromatic nitrogens is 3. The highest BCUT2D eigenvalue weighted by Crippen LogP contribution is 2.21. The minimum Gasteiger partial charge on any atom is -0.347 e. The lowest BCUT2D eigenvalue weighted by Gasteiger charge is -2.15. The molecule has 0 bridgehead atoms. The van der Waals surface area contributed by atoms with Crippen molar-refractivity contribution in [1.29, 1.82) is 0 Å². The summed E-state index contributed by atoms with van der Waals surface area (Å²) < 4.78 is 1.67. The summed E-state index contributed by atoms with van der Waals surface area (Å²) in [5.41, 5.74) is 1.93. The number of rotatable bonds is 3. The largest absolute Gasteiger partial charge is 0.347 e. The fraction of sp³-hybridized carbons (Fsp3) is 0.375. The Morgan fingerprint density at radius 1 is 1.39 bits per heavy atom. The molecule has 0 saturated carbocycles. The zero-order chi connectivity index (χ0) is 16.4. The molecule has 7 heteroatoms. The van der Waals surface area contributed by atoms with Gasteiger partial charge in [-0.2, -0.15) is 5.10 Å². The van der Waals surface area contributed by atoms with Crippen molar-refractivity contribution in [2.45, 2.75) is 19.4 Å². The third-order valence-electron chi connectivity index (χ3n) is 4.00. The summed E-state index contributed by atoms with van der Waals surface area (Å²) >= 11 is 0. The first kappa shape index (κ1) is 15.2. The van der Waals surface area contributed by atoms with Crippen LogP contribution in [0, 0.1) is 0 Å².